The number of nitriles is 1. The highest BCUT2D eigenvalue weighted by Gasteiger charge is 2.23. The second-order valence-electron chi connectivity index (χ2n) is 3.84. The second-order valence-corrected chi connectivity index (χ2v) is 3.84. The van der Waals surface area contributed by atoms with Gasteiger partial charge >= 0.3 is 0 Å². The maximum Gasteiger partial charge on any atom is 0.255 e. The summed E-state index contributed by atoms with van der Waals surface area (Å²) in [6, 6.07) is 6.66. The Morgan fingerprint density at radius 1 is 1.50 bits per heavy atom. The number of anilines is 2. The van der Waals surface area contributed by atoms with Gasteiger partial charge in [-0.1, -0.05) is 0 Å². The molecule has 0 bridgehead atoms. The molecule has 1 aromatic carbocycles. The number of carbonyl (C=O) groups is 1. The fourth-order valence-corrected chi connectivity index (χ4v) is 1.60. The lowest BCUT2D eigenvalue weighted by molar-refractivity contribution is -0.142. The average Bonchev–Trinajstić information content (AvgIpc) is 2.42. The number of carbonyl (C=O) groups excluding carboxylic acids is 1. The minimum atomic E-state index is -0.617. The van der Waals surface area contributed by atoms with Crippen molar-refractivity contribution in [2.45, 2.75) is 6.10 Å². The van der Waals surface area contributed by atoms with E-state index in [2.05, 4.69) is 5.32 Å². The van der Waals surface area contributed by atoms with Gasteiger partial charge in [0.15, 0.2) is 6.10 Å². The third-order valence-electron chi connectivity index (χ3n) is 2.55. The Bertz CT molecular complexity index is 490. The van der Waals surface area contributed by atoms with Crippen LogP contribution in [0.2, 0.25) is 0 Å². The van der Waals surface area contributed by atoms with Crippen LogP contribution in [0.15, 0.2) is 18.2 Å². The number of nitrogens with one attached hydrogen (secondary N) is 1. The van der Waals surface area contributed by atoms with Crippen LogP contribution < -0.4 is 11.1 Å². The van der Waals surface area contributed by atoms with E-state index < -0.39 is 6.10 Å². The van der Waals surface area contributed by atoms with Crippen molar-refractivity contribution in [3.63, 3.8) is 0 Å². The molecule has 1 aliphatic heterocycles. The first-order valence-electron chi connectivity index (χ1n) is 5.50. The highest BCUT2D eigenvalue weighted by Crippen LogP contribution is 2.20. The standard InChI is InChI=1S/C12H13N3O3/c13-6-8-1-2-10(9(14)5-8)15-12(16)11-7-17-3-4-18-11/h1-2,5,11H,3-4,7,14H2,(H,15,16). The summed E-state index contributed by atoms with van der Waals surface area (Å²) in [7, 11) is 0. The topological polar surface area (TPSA) is 97.4 Å². The molecule has 2 rings (SSSR count). The number of hydrogen-bond acceptors (Lipinski definition) is 5. The number of nitrogens with zero attached hydrogens (tertiary/aromatic N) is 1. The fourth-order valence-electron chi connectivity index (χ4n) is 1.60. The third kappa shape index (κ3) is 2.77. The van der Waals surface area contributed by atoms with Crippen LogP contribution in [-0.4, -0.2) is 31.8 Å². The average molecular weight is 247 g/mol. The number of amides is 1. The summed E-state index contributed by atoms with van der Waals surface area (Å²) in [6.45, 7) is 1.14. The molecule has 0 saturated carbocycles. The van der Waals surface area contributed by atoms with E-state index >= 15 is 0 Å². The van der Waals surface area contributed by atoms with Crippen molar-refractivity contribution in [2.75, 3.05) is 30.9 Å². The quantitative estimate of drug-likeness (QED) is 0.741. The highest BCUT2D eigenvalue weighted by atomic mass is 16.6. The van der Waals surface area contributed by atoms with E-state index in [1.807, 2.05) is 6.07 Å². The lowest BCUT2D eigenvalue weighted by Gasteiger charge is -2.22. The van der Waals surface area contributed by atoms with Crippen molar-refractivity contribution >= 4 is 17.3 Å². The Labute approximate surface area is 104 Å². The van der Waals surface area contributed by atoms with Gasteiger partial charge in [0, 0.05) is 0 Å². The van der Waals surface area contributed by atoms with Crippen LogP contribution in [0, 0.1) is 11.3 Å². The summed E-state index contributed by atoms with van der Waals surface area (Å²) in [4.78, 5) is 11.8. The summed E-state index contributed by atoms with van der Waals surface area (Å²) in [5.74, 6) is -0.300. The zero-order chi connectivity index (χ0) is 13.0. The molecular formula is C12H13N3O3. The maximum absolute atomic E-state index is 11.8. The van der Waals surface area contributed by atoms with Gasteiger partial charge in [0.25, 0.3) is 5.91 Å². The zero-order valence-corrected chi connectivity index (χ0v) is 9.68. The van der Waals surface area contributed by atoms with Crippen LogP contribution in [0.1, 0.15) is 5.56 Å². The summed E-state index contributed by atoms with van der Waals surface area (Å²) in [6.07, 6.45) is -0.617. The number of nitrogens with two attached hydrogens (primary N) is 1. The summed E-state index contributed by atoms with van der Waals surface area (Å²) in [5.41, 5.74) is 7.00. The lowest BCUT2D eigenvalue weighted by atomic mass is 10.2. The van der Waals surface area contributed by atoms with E-state index in [0.29, 0.717) is 30.2 Å². The fraction of sp³-hybridized carbons (Fsp3) is 0.333. The monoisotopic (exact) mass is 247 g/mol. The number of rotatable bonds is 2. The molecule has 1 aromatic rings. The van der Waals surface area contributed by atoms with Gasteiger partial charge in [0.1, 0.15) is 0 Å². The molecule has 0 spiro atoms. The molecule has 1 heterocycles. The Morgan fingerprint density at radius 3 is 2.94 bits per heavy atom. The molecule has 0 aromatic heterocycles. The molecule has 1 amide bonds. The van der Waals surface area contributed by atoms with Crippen LogP contribution in [0.5, 0.6) is 0 Å². The highest BCUT2D eigenvalue weighted by molar-refractivity contribution is 5.97. The van der Waals surface area contributed by atoms with Gasteiger partial charge in [-0.05, 0) is 18.2 Å². The predicted octanol–water partition coefficient (Wildman–Crippen LogP) is 0.494. The molecule has 18 heavy (non-hydrogen) atoms. The first kappa shape index (κ1) is 12.4. The third-order valence-corrected chi connectivity index (χ3v) is 2.55. The van der Waals surface area contributed by atoms with E-state index in [9.17, 15) is 4.79 Å². The van der Waals surface area contributed by atoms with Gasteiger partial charge in [0.05, 0.1) is 42.8 Å². The van der Waals surface area contributed by atoms with Gasteiger partial charge in [0.2, 0.25) is 0 Å². The number of hydrogen-bond donors (Lipinski definition) is 2. The first-order chi connectivity index (χ1) is 8.70. The molecule has 1 fully saturated rings. The van der Waals surface area contributed by atoms with Crippen molar-refractivity contribution in [3.05, 3.63) is 23.8 Å². The van der Waals surface area contributed by atoms with Crippen LogP contribution >= 0.6 is 0 Å². The molecule has 6 nitrogen and oxygen atoms in total. The van der Waals surface area contributed by atoms with Crippen LogP contribution in [-0.2, 0) is 14.3 Å². The maximum atomic E-state index is 11.8. The molecular weight excluding hydrogens is 234 g/mol. The second kappa shape index (κ2) is 5.49. The van der Waals surface area contributed by atoms with Gasteiger partial charge in [-0.15, -0.1) is 0 Å². The van der Waals surface area contributed by atoms with Crippen molar-refractivity contribution in [1.29, 1.82) is 5.26 Å². The summed E-state index contributed by atoms with van der Waals surface area (Å²) >= 11 is 0. The molecule has 6 heteroatoms. The Balaban J connectivity index is 2.04. The smallest absolute Gasteiger partial charge is 0.255 e. The van der Waals surface area contributed by atoms with Crippen LogP contribution in [0.3, 0.4) is 0 Å². The van der Waals surface area contributed by atoms with Crippen molar-refractivity contribution in [1.82, 2.24) is 0 Å². The Kier molecular flexibility index (Phi) is 3.77. The van der Waals surface area contributed by atoms with Gasteiger partial charge < -0.3 is 20.5 Å². The zero-order valence-electron chi connectivity index (χ0n) is 9.68. The minimum absolute atomic E-state index is 0.238. The molecule has 0 radical (unpaired) electrons. The number of nitrogen functional groups attached to an aromatic ring is 1. The Hall–Kier alpha value is -2.10. The van der Waals surface area contributed by atoms with E-state index in [0.717, 1.165) is 0 Å². The predicted molar refractivity (Wildman–Crippen MR) is 64.8 cm³/mol. The molecule has 94 valence electrons. The summed E-state index contributed by atoms with van der Waals surface area (Å²) < 4.78 is 10.4. The molecule has 1 saturated heterocycles. The molecule has 0 aliphatic carbocycles. The van der Waals surface area contributed by atoms with Gasteiger partial charge in [-0.3, -0.25) is 4.79 Å². The normalized spacial score (nSPS) is 18.9. The number of ether oxygens (including phenoxy) is 2. The van der Waals surface area contributed by atoms with E-state index in [4.69, 9.17) is 20.5 Å². The van der Waals surface area contributed by atoms with Crippen molar-refractivity contribution in [3.8, 4) is 6.07 Å². The molecule has 1 atom stereocenters. The van der Waals surface area contributed by atoms with E-state index in [-0.39, 0.29) is 12.5 Å². The minimum Gasteiger partial charge on any atom is -0.397 e. The lowest BCUT2D eigenvalue weighted by Crippen LogP contribution is -2.39. The van der Waals surface area contributed by atoms with Crippen molar-refractivity contribution in [2.24, 2.45) is 0 Å². The largest absolute Gasteiger partial charge is 0.397 e. The SMILES string of the molecule is N#Cc1ccc(NC(=O)C2COCCO2)c(N)c1. The molecule has 1 aliphatic rings. The van der Waals surface area contributed by atoms with Gasteiger partial charge in [-0.25, -0.2) is 0 Å². The molecule has 3 N–H and O–H groups in total. The number of benzene rings is 1. The first-order valence-corrected chi connectivity index (χ1v) is 5.50. The van der Waals surface area contributed by atoms with E-state index in [1.165, 1.54) is 6.07 Å². The van der Waals surface area contributed by atoms with Gasteiger partial charge in [-0.2, -0.15) is 5.26 Å². The van der Waals surface area contributed by atoms with Crippen molar-refractivity contribution < 1.29 is 14.3 Å². The van der Waals surface area contributed by atoms with Crippen LogP contribution in [0.4, 0.5) is 11.4 Å². The van der Waals surface area contributed by atoms with Crippen LogP contribution in [0.25, 0.3) is 0 Å². The Morgan fingerprint density at radius 2 is 2.33 bits per heavy atom. The summed E-state index contributed by atoms with van der Waals surface area (Å²) in [5, 5.41) is 11.4. The van der Waals surface area contributed by atoms with E-state index in [1.54, 1.807) is 12.1 Å². The molecule has 1 unspecified atom stereocenters.